The molecule has 1 aromatic carbocycles. The highest BCUT2D eigenvalue weighted by molar-refractivity contribution is 7.89. The Bertz CT molecular complexity index is 811. The third-order valence-corrected chi connectivity index (χ3v) is 5.76. The number of rotatable bonds is 5. The van der Waals surface area contributed by atoms with E-state index < -0.39 is 10.0 Å². The SMILES string of the molecule is COc1ccc(C)cc1S(=O)(=O)N1CC[C@H](Oc2cnccn2)C1. The van der Waals surface area contributed by atoms with Crippen LogP contribution >= 0.6 is 0 Å². The Balaban J connectivity index is 1.78. The zero-order valence-corrected chi connectivity index (χ0v) is 14.4. The number of benzene rings is 1. The van der Waals surface area contributed by atoms with Crippen LogP contribution in [0.2, 0.25) is 0 Å². The molecule has 8 heteroatoms. The molecule has 1 aromatic heterocycles. The van der Waals surface area contributed by atoms with Gasteiger partial charge in [-0.05, 0) is 31.0 Å². The van der Waals surface area contributed by atoms with Gasteiger partial charge in [0.1, 0.15) is 16.7 Å². The molecule has 1 atom stereocenters. The fraction of sp³-hybridized carbons (Fsp3) is 0.375. The lowest BCUT2D eigenvalue weighted by Crippen LogP contribution is -2.31. The molecule has 0 spiro atoms. The van der Waals surface area contributed by atoms with E-state index in [-0.39, 0.29) is 17.5 Å². The number of ether oxygens (including phenoxy) is 2. The van der Waals surface area contributed by atoms with Crippen LogP contribution in [0.1, 0.15) is 12.0 Å². The zero-order valence-electron chi connectivity index (χ0n) is 13.5. The van der Waals surface area contributed by atoms with E-state index in [0.717, 1.165) is 5.56 Å². The predicted molar refractivity (Wildman–Crippen MR) is 87.6 cm³/mol. The molecule has 2 aromatic rings. The molecule has 24 heavy (non-hydrogen) atoms. The molecule has 1 aliphatic rings. The summed E-state index contributed by atoms with van der Waals surface area (Å²) >= 11 is 0. The molecule has 1 aliphatic heterocycles. The normalized spacial score (nSPS) is 18.5. The smallest absolute Gasteiger partial charge is 0.246 e. The molecule has 0 amide bonds. The average Bonchev–Trinajstić information content (AvgIpc) is 3.05. The number of hydrogen-bond donors (Lipinski definition) is 0. The van der Waals surface area contributed by atoms with Gasteiger partial charge in [0, 0.05) is 18.9 Å². The Kier molecular flexibility index (Phi) is 4.68. The topological polar surface area (TPSA) is 81.6 Å². The molecule has 1 saturated heterocycles. The highest BCUT2D eigenvalue weighted by Gasteiger charge is 2.35. The minimum Gasteiger partial charge on any atom is -0.495 e. The summed E-state index contributed by atoms with van der Waals surface area (Å²) in [6.07, 6.45) is 4.97. The Morgan fingerprint density at radius 1 is 1.29 bits per heavy atom. The second-order valence-corrected chi connectivity index (χ2v) is 7.50. The van der Waals surface area contributed by atoms with Crippen LogP contribution in [-0.2, 0) is 10.0 Å². The summed E-state index contributed by atoms with van der Waals surface area (Å²) in [6.45, 7) is 2.52. The summed E-state index contributed by atoms with van der Waals surface area (Å²) in [5.74, 6) is 0.744. The summed E-state index contributed by atoms with van der Waals surface area (Å²) < 4.78 is 38.2. The minimum absolute atomic E-state index is 0.185. The molecular formula is C16H19N3O4S. The second kappa shape index (κ2) is 6.74. The highest BCUT2D eigenvalue weighted by Crippen LogP contribution is 2.30. The number of aryl methyl sites for hydroxylation is 1. The van der Waals surface area contributed by atoms with Gasteiger partial charge in [0.25, 0.3) is 0 Å². The van der Waals surface area contributed by atoms with Crippen molar-refractivity contribution >= 4 is 10.0 Å². The van der Waals surface area contributed by atoms with E-state index in [0.29, 0.717) is 24.6 Å². The van der Waals surface area contributed by atoms with Crippen molar-refractivity contribution in [3.63, 3.8) is 0 Å². The maximum Gasteiger partial charge on any atom is 0.246 e. The van der Waals surface area contributed by atoms with E-state index in [1.54, 1.807) is 18.3 Å². The molecular weight excluding hydrogens is 330 g/mol. The second-order valence-electron chi connectivity index (χ2n) is 5.59. The van der Waals surface area contributed by atoms with Crippen molar-refractivity contribution in [2.75, 3.05) is 20.2 Å². The summed E-state index contributed by atoms with van der Waals surface area (Å²) in [5, 5.41) is 0. The van der Waals surface area contributed by atoms with Crippen LogP contribution < -0.4 is 9.47 Å². The maximum absolute atomic E-state index is 12.9. The molecule has 2 heterocycles. The van der Waals surface area contributed by atoms with Crippen molar-refractivity contribution < 1.29 is 17.9 Å². The first-order valence-corrected chi connectivity index (χ1v) is 9.02. The van der Waals surface area contributed by atoms with E-state index in [1.165, 1.54) is 23.8 Å². The fourth-order valence-electron chi connectivity index (χ4n) is 2.65. The summed E-state index contributed by atoms with van der Waals surface area (Å²) in [4.78, 5) is 8.18. The van der Waals surface area contributed by atoms with Crippen LogP contribution in [0.5, 0.6) is 11.6 Å². The van der Waals surface area contributed by atoms with Gasteiger partial charge in [0.15, 0.2) is 0 Å². The molecule has 0 N–H and O–H groups in total. The van der Waals surface area contributed by atoms with Gasteiger partial charge in [-0.1, -0.05) is 6.07 Å². The first kappa shape index (κ1) is 16.7. The monoisotopic (exact) mass is 349 g/mol. The van der Waals surface area contributed by atoms with Crippen LogP contribution in [-0.4, -0.2) is 49.0 Å². The highest BCUT2D eigenvalue weighted by atomic mass is 32.2. The van der Waals surface area contributed by atoms with Crippen molar-refractivity contribution in [1.82, 2.24) is 14.3 Å². The van der Waals surface area contributed by atoms with Gasteiger partial charge in [0.2, 0.25) is 15.9 Å². The third-order valence-electron chi connectivity index (χ3n) is 3.87. The lowest BCUT2D eigenvalue weighted by atomic mass is 10.2. The Morgan fingerprint density at radius 2 is 2.12 bits per heavy atom. The van der Waals surface area contributed by atoms with Crippen LogP contribution in [0.4, 0.5) is 0 Å². The van der Waals surface area contributed by atoms with E-state index in [1.807, 2.05) is 13.0 Å². The van der Waals surface area contributed by atoms with Crippen molar-refractivity contribution in [2.45, 2.75) is 24.3 Å². The first-order valence-electron chi connectivity index (χ1n) is 7.58. The number of sulfonamides is 1. The minimum atomic E-state index is -3.64. The molecule has 1 fully saturated rings. The van der Waals surface area contributed by atoms with Gasteiger partial charge in [-0.25, -0.2) is 13.4 Å². The van der Waals surface area contributed by atoms with Crippen LogP contribution in [0.3, 0.4) is 0 Å². The van der Waals surface area contributed by atoms with Crippen LogP contribution in [0, 0.1) is 6.92 Å². The zero-order chi connectivity index (χ0) is 17.2. The number of methoxy groups -OCH3 is 1. The molecule has 0 bridgehead atoms. The Hall–Kier alpha value is -2.19. The van der Waals surface area contributed by atoms with E-state index in [9.17, 15) is 8.42 Å². The Labute approximate surface area is 141 Å². The van der Waals surface area contributed by atoms with Crippen molar-refractivity contribution in [3.8, 4) is 11.6 Å². The summed E-state index contributed by atoms with van der Waals surface area (Å²) in [6, 6.07) is 5.12. The average molecular weight is 349 g/mol. The molecule has 7 nitrogen and oxygen atoms in total. The van der Waals surface area contributed by atoms with Crippen molar-refractivity contribution in [3.05, 3.63) is 42.4 Å². The molecule has 128 valence electrons. The maximum atomic E-state index is 12.9. The van der Waals surface area contributed by atoms with Gasteiger partial charge in [0.05, 0.1) is 19.9 Å². The summed E-state index contributed by atoms with van der Waals surface area (Å²) in [5.41, 5.74) is 0.862. The quantitative estimate of drug-likeness (QED) is 0.816. The fourth-order valence-corrected chi connectivity index (χ4v) is 4.38. The van der Waals surface area contributed by atoms with Gasteiger partial charge in [-0.3, -0.25) is 4.98 Å². The standard InChI is InChI=1S/C16H19N3O4S/c1-12-3-4-14(22-2)15(9-12)24(20,21)19-8-5-13(11-19)23-16-10-17-6-7-18-16/h3-4,6-7,9-10,13H,5,8,11H2,1-2H3/t13-/m0/s1. The summed E-state index contributed by atoms with van der Waals surface area (Å²) in [7, 11) is -2.17. The first-order chi connectivity index (χ1) is 11.5. The lowest BCUT2D eigenvalue weighted by Gasteiger charge is -2.19. The van der Waals surface area contributed by atoms with Crippen LogP contribution in [0.15, 0.2) is 41.7 Å². The number of aromatic nitrogens is 2. The predicted octanol–water partition coefficient (Wildman–Crippen LogP) is 1.64. The van der Waals surface area contributed by atoms with Crippen molar-refractivity contribution in [2.24, 2.45) is 0 Å². The van der Waals surface area contributed by atoms with E-state index in [4.69, 9.17) is 9.47 Å². The molecule has 0 aliphatic carbocycles. The number of hydrogen-bond acceptors (Lipinski definition) is 6. The number of nitrogens with zero attached hydrogens (tertiary/aromatic N) is 3. The lowest BCUT2D eigenvalue weighted by molar-refractivity contribution is 0.206. The van der Waals surface area contributed by atoms with Gasteiger partial charge < -0.3 is 9.47 Å². The van der Waals surface area contributed by atoms with E-state index >= 15 is 0 Å². The molecule has 3 rings (SSSR count). The molecule has 0 radical (unpaired) electrons. The van der Waals surface area contributed by atoms with Crippen molar-refractivity contribution in [1.29, 1.82) is 0 Å². The van der Waals surface area contributed by atoms with Gasteiger partial charge >= 0.3 is 0 Å². The van der Waals surface area contributed by atoms with Gasteiger partial charge in [-0.2, -0.15) is 4.31 Å². The molecule has 0 saturated carbocycles. The molecule has 0 unspecified atom stereocenters. The third kappa shape index (κ3) is 3.34. The van der Waals surface area contributed by atoms with Gasteiger partial charge in [-0.15, -0.1) is 0 Å². The Morgan fingerprint density at radius 3 is 2.83 bits per heavy atom. The van der Waals surface area contributed by atoms with E-state index in [2.05, 4.69) is 9.97 Å². The van der Waals surface area contributed by atoms with Crippen LogP contribution in [0.25, 0.3) is 0 Å². The largest absolute Gasteiger partial charge is 0.495 e.